The molecule has 1 aromatic carbocycles. The highest BCUT2D eigenvalue weighted by atomic mass is 32.1. The molecule has 7 heteroatoms. The summed E-state index contributed by atoms with van der Waals surface area (Å²) in [7, 11) is 0. The minimum Gasteiger partial charge on any atom is -0.411 e. The normalized spacial score (nSPS) is 18.2. The summed E-state index contributed by atoms with van der Waals surface area (Å²) in [5, 5.41) is 24.1. The standard InChI is InChI=1S/C24H30N2O4S/c27-11-13-30-15-14-29-12-10-26-8-5-18(6-9-26)23-20-4-2-1-3-19(20)17-22(25-28)24-21(23)7-16-31-24/h1-4,7,16,27-28H,5-6,8-15,17H2/b25-22+. The number of fused-ring (bicyclic) bond motifs is 2. The van der Waals surface area contributed by atoms with Crippen LogP contribution in [0.25, 0.3) is 5.57 Å². The van der Waals surface area contributed by atoms with E-state index in [0.717, 1.165) is 43.1 Å². The van der Waals surface area contributed by atoms with Crippen LogP contribution in [-0.4, -0.2) is 73.6 Å². The lowest BCUT2D eigenvalue weighted by atomic mass is 9.87. The highest BCUT2D eigenvalue weighted by Crippen LogP contribution is 2.40. The smallest absolute Gasteiger partial charge is 0.102 e. The van der Waals surface area contributed by atoms with Gasteiger partial charge in [0.2, 0.25) is 0 Å². The lowest BCUT2D eigenvalue weighted by molar-refractivity contribution is 0.0260. The van der Waals surface area contributed by atoms with E-state index >= 15 is 0 Å². The number of likely N-dealkylation sites (tertiary alicyclic amines) is 1. The molecule has 0 spiro atoms. The summed E-state index contributed by atoms with van der Waals surface area (Å²) in [6, 6.07) is 10.7. The van der Waals surface area contributed by atoms with Crippen LogP contribution >= 0.6 is 11.3 Å². The first-order valence-corrected chi connectivity index (χ1v) is 11.8. The Bertz CT molecular complexity index is 927. The van der Waals surface area contributed by atoms with Gasteiger partial charge in [-0.15, -0.1) is 11.3 Å². The second kappa shape index (κ2) is 11.0. The second-order valence-corrected chi connectivity index (χ2v) is 8.73. The second-order valence-electron chi connectivity index (χ2n) is 7.81. The summed E-state index contributed by atoms with van der Waals surface area (Å²) in [6.45, 7) is 5.17. The van der Waals surface area contributed by atoms with Crippen molar-refractivity contribution >= 4 is 22.6 Å². The van der Waals surface area contributed by atoms with Crippen LogP contribution in [0.5, 0.6) is 0 Å². The SMILES string of the molecule is OCCOCCOCCN1CCC(=C2c3ccccc3C/C(=N\O)c3sccc32)CC1. The summed E-state index contributed by atoms with van der Waals surface area (Å²) < 4.78 is 10.9. The zero-order chi connectivity index (χ0) is 21.5. The molecule has 1 aliphatic heterocycles. The van der Waals surface area contributed by atoms with Gasteiger partial charge in [-0.3, -0.25) is 0 Å². The van der Waals surface area contributed by atoms with E-state index in [1.807, 2.05) is 0 Å². The number of ether oxygens (including phenoxy) is 2. The van der Waals surface area contributed by atoms with Gasteiger partial charge < -0.3 is 24.7 Å². The van der Waals surface area contributed by atoms with E-state index in [9.17, 15) is 5.21 Å². The number of aliphatic hydroxyl groups is 1. The van der Waals surface area contributed by atoms with Crippen LogP contribution in [-0.2, 0) is 15.9 Å². The molecule has 166 valence electrons. The van der Waals surface area contributed by atoms with E-state index in [1.54, 1.807) is 11.3 Å². The fourth-order valence-electron chi connectivity index (χ4n) is 4.39. The van der Waals surface area contributed by atoms with Gasteiger partial charge in [-0.1, -0.05) is 35.0 Å². The summed E-state index contributed by atoms with van der Waals surface area (Å²) in [6.07, 6.45) is 2.72. The number of piperidine rings is 1. The van der Waals surface area contributed by atoms with Crippen molar-refractivity contribution in [3.8, 4) is 0 Å². The molecule has 0 radical (unpaired) electrons. The van der Waals surface area contributed by atoms with Crippen LogP contribution in [0.4, 0.5) is 0 Å². The van der Waals surface area contributed by atoms with E-state index in [4.69, 9.17) is 14.6 Å². The predicted molar refractivity (Wildman–Crippen MR) is 123 cm³/mol. The Kier molecular flexibility index (Phi) is 7.88. The summed E-state index contributed by atoms with van der Waals surface area (Å²) in [5.41, 5.74) is 7.28. The number of oxime groups is 1. The summed E-state index contributed by atoms with van der Waals surface area (Å²) in [4.78, 5) is 3.54. The Hall–Kier alpha value is -2.03. The van der Waals surface area contributed by atoms with Gasteiger partial charge in [0.05, 0.1) is 37.9 Å². The highest BCUT2D eigenvalue weighted by molar-refractivity contribution is 7.12. The Morgan fingerprint density at radius 3 is 2.52 bits per heavy atom. The van der Waals surface area contributed by atoms with Crippen molar-refractivity contribution < 1.29 is 19.8 Å². The van der Waals surface area contributed by atoms with Crippen molar-refractivity contribution in [2.45, 2.75) is 19.3 Å². The fourth-order valence-corrected chi connectivity index (χ4v) is 5.28. The predicted octanol–water partition coefficient (Wildman–Crippen LogP) is 3.41. The first-order chi connectivity index (χ1) is 15.3. The van der Waals surface area contributed by atoms with Crippen LogP contribution in [0.15, 0.2) is 46.4 Å². The average Bonchev–Trinajstić information content (AvgIpc) is 3.23. The molecule has 0 unspecified atom stereocenters. The molecule has 1 aliphatic carbocycles. The monoisotopic (exact) mass is 442 g/mol. The lowest BCUT2D eigenvalue weighted by Gasteiger charge is -2.30. The van der Waals surface area contributed by atoms with Gasteiger partial charge >= 0.3 is 0 Å². The number of benzene rings is 1. The Morgan fingerprint density at radius 2 is 1.74 bits per heavy atom. The number of rotatable bonds is 8. The molecule has 1 saturated heterocycles. The highest BCUT2D eigenvalue weighted by Gasteiger charge is 2.27. The molecule has 31 heavy (non-hydrogen) atoms. The van der Waals surface area contributed by atoms with Gasteiger partial charge in [0.1, 0.15) is 5.71 Å². The van der Waals surface area contributed by atoms with Crippen molar-refractivity contribution in [2.75, 3.05) is 52.7 Å². The molecule has 1 aromatic heterocycles. The van der Waals surface area contributed by atoms with E-state index < -0.39 is 0 Å². The molecular weight excluding hydrogens is 412 g/mol. The minimum atomic E-state index is 0.0527. The quantitative estimate of drug-likeness (QED) is 0.372. The molecular formula is C24H30N2O4S. The first-order valence-electron chi connectivity index (χ1n) is 10.9. The largest absolute Gasteiger partial charge is 0.411 e. The van der Waals surface area contributed by atoms with Crippen LogP contribution in [0.1, 0.15) is 34.4 Å². The van der Waals surface area contributed by atoms with Crippen LogP contribution in [0.3, 0.4) is 0 Å². The molecule has 0 amide bonds. The topological polar surface area (TPSA) is 74.5 Å². The van der Waals surface area contributed by atoms with Crippen LogP contribution in [0.2, 0.25) is 0 Å². The molecule has 2 N–H and O–H groups in total. The molecule has 2 aliphatic rings. The van der Waals surface area contributed by atoms with Crippen molar-refractivity contribution in [1.82, 2.24) is 4.90 Å². The molecule has 2 aromatic rings. The van der Waals surface area contributed by atoms with Crippen molar-refractivity contribution in [1.29, 1.82) is 0 Å². The number of thiophene rings is 1. The fraction of sp³-hybridized carbons (Fsp3) is 0.458. The van der Waals surface area contributed by atoms with Crippen molar-refractivity contribution in [3.63, 3.8) is 0 Å². The maximum Gasteiger partial charge on any atom is 0.102 e. The third-order valence-electron chi connectivity index (χ3n) is 5.93. The number of nitrogens with zero attached hydrogens (tertiary/aromatic N) is 2. The molecule has 1 fully saturated rings. The molecule has 2 heterocycles. The van der Waals surface area contributed by atoms with Gasteiger partial charge in [0.25, 0.3) is 0 Å². The molecule has 6 nitrogen and oxygen atoms in total. The van der Waals surface area contributed by atoms with Gasteiger partial charge in [0, 0.05) is 31.6 Å². The van der Waals surface area contributed by atoms with Crippen LogP contribution < -0.4 is 0 Å². The van der Waals surface area contributed by atoms with Gasteiger partial charge in [-0.25, -0.2) is 0 Å². The maximum atomic E-state index is 9.64. The molecule has 0 saturated carbocycles. The number of aliphatic hydroxyl groups excluding tert-OH is 1. The molecule has 4 rings (SSSR count). The zero-order valence-electron chi connectivity index (χ0n) is 17.8. The van der Waals surface area contributed by atoms with E-state index in [-0.39, 0.29) is 6.61 Å². The van der Waals surface area contributed by atoms with Crippen molar-refractivity contribution in [2.24, 2.45) is 5.16 Å². The van der Waals surface area contributed by atoms with Gasteiger partial charge in [0.15, 0.2) is 0 Å². The Balaban J connectivity index is 1.45. The zero-order valence-corrected chi connectivity index (χ0v) is 18.6. The van der Waals surface area contributed by atoms with Crippen LogP contribution in [0, 0.1) is 0 Å². The number of hydrogen-bond donors (Lipinski definition) is 2. The average molecular weight is 443 g/mol. The van der Waals surface area contributed by atoms with E-state index in [0.29, 0.717) is 32.8 Å². The van der Waals surface area contributed by atoms with Gasteiger partial charge in [-0.05, 0) is 41.0 Å². The first kappa shape index (κ1) is 22.2. The van der Waals surface area contributed by atoms with E-state index in [2.05, 4.69) is 45.8 Å². The maximum absolute atomic E-state index is 9.64. The van der Waals surface area contributed by atoms with Crippen molar-refractivity contribution in [3.05, 3.63) is 62.9 Å². The Labute approximate surface area is 187 Å². The third kappa shape index (κ3) is 5.25. The minimum absolute atomic E-state index is 0.0527. The molecule has 0 atom stereocenters. The number of hydrogen-bond acceptors (Lipinski definition) is 7. The summed E-state index contributed by atoms with van der Waals surface area (Å²) >= 11 is 1.65. The van der Waals surface area contributed by atoms with E-state index in [1.165, 1.54) is 27.8 Å². The summed E-state index contributed by atoms with van der Waals surface area (Å²) in [5.74, 6) is 0. The Morgan fingerprint density at radius 1 is 0.968 bits per heavy atom. The van der Waals surface area contributed by atoms with Gasteiger partial charge in [-0.2, -0.15) is 0 Å². The third-order valence-corrected chi connectivity index (χ3v) is 6.90. The lowest BCUT2D eigenvalue weighted by Crippen LogP contribution is -2.34. The molecule has 0 bridgehead atoms.